The van der Waals surface area contributed by atoms with E-state index in [9.17, 15) is 9.90 Å². The third kappa shape index (κ3) is 6.37. The summed E-state index contributed by atoms with van der Waals surface area (Å²) in [7, 11) is 0. The summed E-state index contributed by atoms with van der Waals surface area (Å²) in [6.07, 6.45) is 1.39. The third-order valence-corrected chi connectivity index (χ3v) is 4.76. The minimum absolute atomic E-state index is 0. The fourth-order valence-corrected chi connectivity index (χ4v) is 3.33. The second kappa shape index (κ2) is 11.1. The molecule has 2 saturated heterocycles. The van der Waals surface area contributed by atoms with Crippen LogP contribution in [0.3, 0.4) is 0 Å². The number of ether oxygens (including phenoxy) is 1. The molecule has 3 N–H and O–H groups in total. The second-order valence-electron chi connectivity index (χ2n) is 6.70. The molecule has 1 aromatic carbocycles. The van der Waals surface area contributed by atoms with Gasteiger partial charge in [-0.3, -0.25) is 9.69 Å². The summed E-state index contributed by atoms with van der Waals surface area (Å²) >= 11 is 0. The number of hydrogen-bond donors (Lipinski definition) is 3. The lowest BCUT2D eigenvalue weighted by molar-refractivity contribution is -0.123. The van der Waals surface area contributed by atoms with Gasteiger partial charge in [-0.05, 0) is 37.5 Å². The Morgan fingerprint density at radius 2 is 2.08 bits per heavy atom. The number of anilines is 1. The number of hydrogen-bond acceptors (Lipinski definition) is 5. The fourth-order valence-electron chi connectivity index (χ4n) is 3.33. The number of piperidine rings is 1. The summed E-state index contributed by atoms with van der Waals surface area (Å²) in [6.45, 7) is 5.93. The first-order valence-electron chi connectivity index (χ1n) is 8.77. The molecule has 2 heterocycles. The Balaban J connectivity index is 0.00000169. The normalized spacial score (nSPS) is 24.2. The number of benzene rings is 1. The predicted octanol–water partition coefficient (Wildman–Crippen LogP) is 1.80. The van der Waals surface area contributed by atoms with Crippen LogP contribution in [0.1, 0.15) is 25.3 Å². The Hall–Kier alpha value is -0.890. The summed E-state index contributed by atoms with van der Waals surface area (Å²) in [5.74, 6) is -0.0551. The Kier molecular flexibility index (Phi) is 9.85. The van der Waals surface area contributed by atoms with Crippen molar-refractivity contribution in [3.8, 4) is 0 Å². The molecular formula is C18H29Cl2N3O3. The minimum atomic E-state index is -0.314. The minimum Gasteiger partial charge on any atom is -0.393 e. The first-order chi connectivity index (χ1) is 11.6. The molecule has 0 saturated carbocycles. The molecule has 0 aliphatic carbocycles. The highest BCUT2D eigenvalue weighted by Crippen LogP contribution is 2.17. The molecule has 8 heteroatoms. The van der Waals surface area contributed by atoms with Gasteiger partial charge in [0.2, 0.25) is 5.91 Å². The number of carbonyl (C=O) groups excluding carboxylic acids is 1. The number of nitrogens with one attached hydrogen (secondary N) is 2. The van der Waals surface area contributed by atoms with E-state index in [2.05, 4.69) is 21.6 Å². The summed E-state index contributed by atoms with van der Waals surface area (Å²) < 4.78 is 5.53. The van der Waals surface area contributed by atoms with Crippen LogP contribution in [0.25, 0.3) is 0 Å². The van der Waals surface area contributed by atoms with Gasteiger partial charge in [-0.2, -0.15) is 0 Å². The molecule has 6 nitrogen and oxygen atoms in total. The third-order valence-electron chi connectivity index (χ3n) is 4.76. The van der Waals surface area contributed by atoms with Crippen LogP contribution in [0.5, 0.6) is 0 Å². The van der Waals surface area contributed by atoms with Gasteiger partial charge in [0.25, 0.3) is 0 Å². The van der Waals surface area contributed by atoms with Gasteiger partial charge in [0, 0.05) is 31.9 Å². The molecule has 26 heavy (non-hydrogen) atoms. The molecule has 0 bridgehead atoms. The highest BCUT2D eigenvalue weighted by Gasteiger charge is 2.28. The summed E-state index contributed by atoms with van der Waals surface area (Å²) in [5.41, 5.74) is 1.99. The van der Waals surface area contributed by atoms with Gasteiger partial charge in [0.1, 0.15) is 6.04 Å². The van der Waals surface area contributed by atoms with Crippen LogP contribution in [0.15, 0.2) is 24.3 Å². The van der Waals surface area contributed by atoms with Gasteiger partial charge in [0.05, 0.1) is 18.8 Å². The standard InChI is InChI=1S/C18H27N3O3.2ClH/c1-13-17(19-7-10-24-13)18(23)20-15-4-2-3-14(11-15)12-21-8-5-16(22)6-9-21;;/h2-4,11,13,16-17,19,22H,5-10,12H2,1H3,(H,20,23);2*1H/t13-,17+;;/m1../s1. The summed E-state index contributed by atoms with van der Waals surface area (Å²) in [6, 6.07) is 7.67. The number of aliphatic hydroxyl groups excluding tert-OH is 1. The zero-order valence-electron chi connectivity index (χ0n) is 15.0. The van der Waals surface area contributed by atoms with Gasteiger partial charge in [-0.25, -0.2) is 0 Å². The molecule has 0 spiro atoms. The van der Waals surface area contributed by atoms with Crippen LogP contribution < -0.4 is 10.6 Å². The lowest BCUT2D eigenvalue weighted by atomic mass is 10.1. The number of carbonyl (C=O) groups is 1. The zero-order valence-corrected chi connectivity index (χ0v) is 16.7. The van der Waals surface area contributed by atoms with Gasteiger partial charge < -0.3 is 20.5 Å². The molecule has 0 unspecified atom stereocenters. The lowest BCUT2D eigenvalue weighted by Crippen LogP contribution is -2.53. The largest absolute Gasteiger partial charge is 0.393 e. The first-order valence-corrected chi connectivity index (χ1v) is 8.77. The number of morpholine rings is 1. The zero-order chi connectivity index (χ0) is 16.9. The van der Waals surface area contributed by atoms with Crippen molar-refractivity contribution in [2.24, 2.45) is 0 Å². The maximum atomic E-state index is 12.4. The molecule has 2 atom stereocenters. The Morgan fingerprint density at radius 3 is 2.77 bits per heavy atom. The van der Waals surface area contributed by atoms with Crippen molar-refractivity contribution in [1.29, 1.82) is 0 Å². The van der Waals surface area contributed by atoms with Crippen LogP contribution in [-0.4, -0.2) is 60.4 Å². The van der Waals surface area contributed by atoms with E-state index < -0.39 is 0 Å². The maximum absolute atomic E-state index is 12.4. The SMILES string of the molecule is C[C@H]1OCCN[C@@H]1C(=O)Nc1cccc(CN2CCC(O)CC2)c1.Cl.Cl. The van der Waals surface area contributed by atoms with Crippen molar-refractivity contribution in [1.82, 2.24) is 10.2 Å². The molecule has 2 fully saturated rings. The lowest BCUT2D eigenvalue weighted by Gasteiger charge is -2.30. The maximum Gasteiger partial charge on any atom is 0.244 e. The van der Waals surface area contributed by atoms with E-state index in [0.717, 1.165) is 38.2 Å². The molecule has 1 amide bonds. The Labute approximate surface area is 167 Å². The molecule has 0 radical (unpaired) electrons. The molecular weight excluding hydrogens is 377 g/mol. The van der Waals surface area contributed by atoms with Crippen LogP contribution in [0.2, 0.25) is 0 Å². The number of aliphatic hydroxyl groups is 1. The van der Waals surface area contributed by atoms with Crippen molar-refractivity contribution in [2.75, 3.05) is 31.6 Å². The van der Waals surface area contributed by atoms with Crippen LogP contribution in [0.4, 0.5) is 5.69 Å². The Bertz CT molecular complexity index is 568. The van der Waals surface area contributed by atoms with Crippen LogP contribution in [0, 0.1) is 0 Å². The average molecular weight is 406 g/mol. The average Bonchev–Trinajstić information content (AvgIpc) is 2.58. The van der Waals surface area contributed by atoms with Gasteiger partial charge >= 0.3 is 0 Å². The number of likely N-dealkylation sites (tertiary alicyclic amines) is 1. The van der Waals surface area contributed by atoms with E-state index in [0.29, 0.717) is 13.2 Å². The highest BCUT2D eigenvalue weighted by atomic mass is 35.5. The molecule has 148 valence electrons. The Morgan fingerprint density at radius 1 is 1.35 bits per heavy atom. The fraction of sp³-hybridized carbons (Fsp3) is 0.611. The molecule has 2 aliphatic heterocycles. The topological polar surface area (TPSA) is 73.8 Å². The van der Waals surface area contributed by atoms with E-state index in [1.165, 1.54) is 5.56 Å². The highest BCUT2D eigenvalue weighted by molar-refractivity contribution is 5.95. The number of halogens is 2. The van der Waals surface area contributed by atoms with E-state index in [4.69, 9.17) is 4.74 Å². The second-order valence-corrected chi connectivity index (χ2v) is 6.70. The van der Waals surface area contributed by atoms with Crippen LogP contribution in [-0.2, 0) is 16.1 Å². The quantitative estimate of drug-likeness (QED) is 0.711. The number of amides is 1. The van der Waals surface area contributed by atoms with E-state index in [1.807, 2.05) is 25.1 Å². The van der Waals surface area contributed by atoms with Gasteiger partial charge in [-0.1, -0.05) is 12.1 Å². The molecule has 3 rings (SSSR count). The molecule has 2 aliphatic rings. The van der Waals surface area contributed by atoms with E-state index >= 15 is 0 Å². The van der Waals surface area contributed by atoms with Crippen molar-refractivity contribution < 1.29 is 14.6 Å². The summed E-state index contributed by atoms with van der Waals surface area (Å²) in [5, 5.41) is 15.8. The van der Waals surface area contributed by atoms with Crippen LogP contribution >= 0.6 is 24.8 Å². The first kappa shape index (κ1) is 23.1. The predicted molar refractivity (Wildman–Crippen MR) is 107 cm³/mol. The molecule has 1 aromatic rings. The van der Waals surface area contributed by atoms with Gasteiger partial charge in [-0.15, -0.1) is 24.8 Å². The van der Waals surface area contributed by atoms with Crippen molar-refractivity contribution >= 4 is 36.4 Å². The van der Waals surface area contributed by atoms with Crippen molar-refractivity contribution in [3.05, 3.63) is 29.8 Å². The summed E-state index contributed by atoms with van der Waals surface area (Å²) in [4.78, 5) is 14.8. The smallest absolute Gasteiger partial charge is 0.244 e. The van der Waals surface area contributed by atoms with Crippen molar-refractivity contribution in [2.45, 2.75) is 44.6 Å². The van der Waals surface area contributed by atoms with E-state index in [-0.39, 0.29) is 49.0 Å². The monoisotopic (exact) mass is 405 g/mol. The van der Waals surface area contributed by atoms with Crippen molar-refractivity contribution in [3.63, 3.8) is 0 Å². The number of rotatable bonds is 4. The molecule has 0 aromatic heterocycles. The van der Waals surface area contributed by atoms with Gasteiger partial charge in [0.15, 0.2) is 0 Å². The van der Waals surface area contributed by atoms with E-state index in [1.54, 1.807) is 0 Å². The number of nitrogens with zero attached hydrogens (tertiary/aromatic N) is 1.